The van der Waals surface area contributed by atoms with E-state index < -0.39 is 0 Å². The number of benzene rings is 1. The van der Waals surface area contributed by atoms with Crippen molar-refractivity contribution < 1.29 is 4.74 Å². The molecule has 4 nitrogen and oxygen atoms in total. The van der Waals surface area contributed by atoms with Gasteiger partial charge in [0.2, 0.25) is 0 Å². The van der Waals surface area contributed by atoms with Crippen LogP contribution in [0.3, 0.4) is 0 Å². The summed E-state index contributed by atoms with van der Waals surface area (Å²) in [5, 5.41) is 0. The number of hydrogen-bond acceptors (Lipinski definition) is 4. The maximum absolute atomic E-state index is 5.67. The van der Waals surface area contributed by atoms with Crippen molar-refractivity contribution >= 4 is 0 Å². The van der Waals surface area contributed by atoms with Gasteiger partial charge in [-0.3, -0.25) is 11.3 Å². The molecule has 0 aliphatic heterocycles. The molecule has 96 valence electrons. The topological polar surface area (TPSA) is 50.5 Å². The van der Waals surface area contributed by atoms with Crippen molar-refractivity contribution in [1.82, 2.24) is 10.3 Å². The van der Waals surface area contributed by atoms with Crippen molar-refractivity contribution in [2.75, 3.05) is 20.6 Å². The average molecular weight is 237 g/mol. The number of nitrogens with one attached hydrogen (secondary N) is 1. The molecule has 0 aliphatic carbocycles. The molecule has 3 N–H and O–H groups in total. The number of nitrogens with two attached hydrogens (primary N) is 1. The van der Waals surface area contributed by atoms with E-state index in [1.165, 1.54) is 0 Å². The van der Waals surface area contributed by atoms with E-state index in [1.54, 1.807) is 0 Å². The Labute approximate surface area is 104 Å². The summed E-state index contributed by atoms with van der Waals surface area (Å²) in [5.41, 5.74) is 3.97. The maximum atomic E-state index is 5.67. The Kier molecular flexibility index (Phi) is 5.41. The van der Waals surface area contributed by atoms with E-state index in [4.69, 9.17) is 10.6 Å². The van der Waals surface area contributed by atoms with Gasteiger partial charge in [0.25, 0.3) is 0 Å². The molecule has 0 saturated carbocycles. The molecule has 1 aromatic rings. The van der Waals surface area contributed by atoms with Crippen LogP contribution in [-0.4, -0.2) is 31.6 Å². The van der Waals surface area contributed by atoms with Gasteiger partial charge >= 0.3 is 0 Å². The monoisotopic (exact) mass is 237 g/mol. The summed E-state index contributed by atoms with van der Waals surface area (Å²) in [7, 11) is 4.05. The number of likely N-dealkylation sites (N-methyl/N-ethyl adjacent to an activating group) is 1. The van der Waals surface area contributed by atoms with Crippen molar-refractivity contribution in [1.29, 1.82) is 0 Å². The SMILES string of the molecule is CC(C)Oc1cccc(C(CN(C)C)NN)c1. The van der Waals surface area contributed by atoms with Crippen molar-refractivity contribution in [3.8, 4) is 5.75 Å². The Morgan fingerprint density at radius 2 is 2.06 bits per heavy atom. The zero-order valence-corrected chi connectivity index (χ0v) is 11.1. The molecule has 1 rings (SSSR count). The molecule has 0 radical (unpaired) electrons. The second-order valence-corrected chi connectivity index (χ2v) is 4.72. The normalized spacial score (nSPS) is 13.1. The van der Waals surface area contributed by atoms with Gasteiger partial charge in [0.05, 0.1) is 12.1 Å². The van der Waals surface area contributed by atoms with E-state index >= 15 is 0 Å². The molecule has 0 aliphatic rings. The van der Waals surface area contributed by atoms with Crippen LogP contribution in [0.25, 0.3) is 0 Å². The fourth-order valence-electron chi connectivity index (χ4n) is 1.70. The third-order valence-corrected chi connectivity index (χ3v) is 2.38. The Balaban J connectivity index is 2.81. The lowest BCUT2D eigenvalue weighted by Crippen LogP contribution is -2.35. The van der Waals surface area contributed by atoms with Gasteiger partial charge in [-0.25, -0.2) is 0 Å². The summed E-state index contributed by atoms with van der Waals surface area (Å²) in [6.07, 6.45) is 0.184. The van der Waals surface area contributed by atoms with Crippen LogP contribution in [0.2, 0.25) is 0 Å². The molecule has 0 amide bonds. The highest BCUT2D eigenvalue weighted by Crippen LogP contribution is 2.20. The van der Waals surface area contributed by atoms with E-state index in [-0.39, 0.29) is 12.1 Å². The van der Waals surface area contributed by atoms with Gasteiger partial charge in [-0.15, -0.1) is 0 Å². The minimum atomic E-state index is 0.112. The molecule has 0 saturated heterocycles. The predicted octanol–water partition coefficient (Wildman–Crippen LogP) is 1.54. The lowest BCUT2D eigenvalue weighted by molar-refractivity contribution is 0.241. The van der Waals surface area contributed by atoms with Crippen LogP contribution in [0.5, 0.6) is 5.75 Å². The molecular weight excluding hydrogens is 214 g/mol. The molecule has 1 unspecified atom stereocenters. The maximum Gasteiger partial charge on any atom is 0.120 e. The first-order valence-electron chi connectivity index (χ1n) is 5.90. The van der Waals surface area contributed by atoms with E-state index in [0.29, 0.717) is 0 Å². The van der Waals surface area contributed by atoms with Crippen molar-refractivity contribution in [2.24, 2.45) is 5.84 Å². The molecular formula is C13H23N3O. The van der Waals surface area contributed by atoms with E-state index in [0.717, 1.165) is 17.9 Å². The van der Waals surface area contributed by atoms with E-state index in [2.05, 4.69) is 16.4 Å². The lowest BCUT2D eigenvalue weighted by atomic mass is 10.1. The number of hydrogen-bond donors (Lipinski definition) is 2. The first kappa shape index (κ1) is 14.0. The smallest absolute Gasteiger partial charge is 0.120 e. The van der Waals surface area contributed by atoms with Crippen molar-refractivity contribution in [2.45, 2.75) is 26.0 Å². The van der Waals surface area contributed by atoms with Crippen LogP contribution >= 0.6 is 0 Å². The first-order chi connectivity index (χ1) is 8.02. The van der Waals surface area contributed by atoms with Crippen LogP contribution in [0, 0.1) is 0 Å². The summed E-state index contributed by atoms with van der Waals surface area (Å²) in [6.45, 7) is 4.89. The molecule has 0 heterocycles. The van der Waals surface area contributed by atoms with Crippen LogP contribution in [-0.2, 0) is 0 Å². The second-order valence-electron chi connectivity index (χ2n) is 4.72. The third kappa shape index (κ3) is 4.73. The summed E-state index contributed by atoms with van der Waals surface area (Å²) >= 11 is 0. The summed E-state index contributed by atoms with van der Waals surface area (Å²) in [6, 6.07) is 8.16. The molecule has 4 heteroatoms. The zero-order chi connectivity index (χ0) is 12.8. The van der Waals surface area contributed by atoms with Crippen LogP contribution < -0.4 is 16.0 Å². The summed E-state index contributed by atoms with van der Waals surface area (Å²) < 4.78 is 5.67. The molecule has 0 spiro atoms. The Hall–Kier alpha value is -1.10. The lowest BCUT2D eigenvalue weighted by Gasteiger charge is -2.21. The van der Waals surface area contributed by atoms with Crippen LogP contribution in [0.15, 0.2) is 24.3 Å². The van der Waals surface area contributed by atoms with Gasteiger partial charge in [-0.1, -0.05) is 12.1 Å². The largest absolute Gasteiger partial charge is 0.491 e. The number of hydrazine groups is 1. The molecule has 1 atom stereocenters. The van der Waals surface area contributed by atoms with Gasteiger partial charge in [-0.2, -0.15) is 0 Å². The zero-order valence-electron chi connectivity index (χ0n) is 11.1. The highest BCUT2D eigenvalue weighted by molar-refractivity contribution is 5.30. The number of ether oxygens (including phenoxy) is 1. The van der Waals surface area contributed by atoms with Crippen LogP contribution in [0.1, 0.15) is 25.5 Å². The minimum Gasteiger partial charge on any atom is -0.491 e. The molecule has 1 aromatic carbocycles. The van der Waals surface area contributed by atoms with Crippen LogP contribution in [0.4, 0.5) is 0 Å². The Bertz CT molecular complexity index is 339. The predicted molar refractivity (Wildman–Crippen MR) is 70.8 cm³/mol. The fourth-order valence-corrected chi connectivity index (χ4v) is 1.70. The average Bonchev–Trinajstić information content (AvgIpc) is 2.25. The van der Waals surface area contributed by atoms with Gasteiger partial charge in [0.1, 0.15) is 5.75 Å². The highest BCUT2D eigenvalue weighted by atomic mass is 16.5. The number of nitrogens with zero attached hydrogens (tertiary/aromatic N) is 1. The van der Waals surface area contributed by atoms with Gasteiger partial charge in [-0.05, 0) is 45.6 Å². The Morgan fingerprint density at radius 1 is 1.35 bits per heavy atom. The fraction of sp³-hybridized carbons (Fsp3) is 0.538. The van der Waals surface area contributed by atoms with E-state index in [9.17, 15) is 0 Å². The van der Waals surface area contributed by atoms with E-state index in [1.807, 2.05) is 46.1 Å². The highest BCUT2D eigenvalue weighted by Gasteiger charge is 2.11. The summed E-state index contributed by atoms with van der Waals surface area (Å²) in [5.74, 6) is 6.47. The minimum absolute atomic E-state index is 0.112. The van der Waals surface area contributed by atoms with Gasteiger partial charge in [0, 0.05) is 6.54 Å². The molecule has 0 bridgehead atoms. The Morgan fingerprint density at radius 3 is 2.59 bits per heavy atom. The quantitative estimate of drug-likeness (QED) is 0.582. The van der Waals surface area contributed by atoms with Crippen molar-refractivity contribution in [3.63, 3.8) is 0 Å². The molecule has 0 fully saturated rings. The third-order valence-electron chi connectivity index (χ3n) is 2.38. The molecule has 17 heavy (non-hydrogen) atoms. The van der Waals surface area contributed by atoms with Gasteiger partial charge in [0.15, 0.2) is 0 Å². The standard InChI is InChI=1S/C13H23N3O/c1-10(2)17-12-7-5-6-11(8-12)13(15-14)9-16(3)4/h5-8,10,13,15H,9,14H2,1-4H3. The molecule has 0 aromatic heterocycles. The van der Waals surface area contributed by atoms with Crippen molar-refractivity contribution in [3.05, 3.63) is 29.8 Å². The number of rotatable bonds is 6. The first-order valence-corrected chi connectivity index (χ1v) is 5.90. The summed E-state index contributed by atoms with van der Waals surface area (Å²) in [4.78, 5) is 2.10. The van der Waals surface area contributed by atoms with Gasteiger partial charge < -0.3 is 9.64 Å². The second kappa shape index (κ2) is 6.59.